The first-order valence-electron chi connectivity index (χ1n) is 8.15. The molecule has 0 fully saturated rings. The second-order valence-corrected chi connectivity index (χ2v) is 6.13. The molecule has 0 saturated carbocycles. The highest BCUT2D eigenvalue weighted by Gasteiger charge is 2.26. The molecule has 0 radical (unpaired) electrons. The summed E-state index contributed by atoms with van der Waals surface area (Å²) >= 11 is 0. The quantitative estimate of drug-likeness (QED) is 0.716. The molecular weight excluding hydrogens is 314 g/mol. The van der Waals surface area contributed by atoms with Gasteiger partial charge in [0.1, 0.15) is 6.10 Å². The maximum Gasteiger partial charge on any atom is 0.231 e. The topological polar surface area (TPSA) is 51.1 Å². The molecule has 25 heavy (non-hydrogen) atoms. The van der Waals surface area contributed by atoms with Crippen LogP contribution in [0.3, 0.4) is 0 Å². The Labute approximate surface area is 145 Å². The van der Waals surface area contributed by atoms with Gasteiger partial charge in [-0.25, -0.2) is 0 Å². The van der Waals surface area contributed by atoms with Crippen LogP contribution in [0.5, 0.6) is 11.5 Å². The van der Waals surface area contributed by atoms with Crippen LogP contribution in [0.2, 0.25) is 0 Å². The Morgan fingerprint density at radius 3 is 2.68 bits per heavy atom. The third-order valence-electron chi connectivity index (χ3n) is 4.63. The van der Waals surface area contributed by atoms with Crippen LogP contribution < -0.4 is 9.47 Å². The Bertz CT molecular complexity index is 1010. The van der Waals surface area contributed by atoms with Gasteiger partial charge in [0, 0.05) is 6.21 Å². The minimum Gasteiger partial charge on any atom is -0.454 e. The maximum atomic E-state index is 10.6. The number of rotatable bonds is 2. The average Bonchev–Trinajstić information content (AvgIpc) is 3.23. The zero-order valence-corrected chi connectivity index (χ0v) is 13.3. The summed E-state index contributed by atoms with van der Waals surface area (Å²) < 4.78 is 10.7. The summed E-state index contributed by atoms with van der Waals surface area (Å²) in [5, 5.41) is 10.6. The normalized spacial score (nSPS) is 16.9. The van der Waals surface area contributed by atoms with Crippen molar-refractivity contribution in [3.05, 3.63) is 77.4 Å². The van der Waals surface area contributed by atoms with E-state index >= 15 is 0 Å². The lowest BCUT2D eigenvalue weighted by Crippen LogP contribution is -1.93. The molecule has 5 rings (SSSR count). The summed E-state index contributed by atoms with van der Waals surface area (Å²) in [5.74, 6) is 1.50. The van der Waals surface area contributed by atoms with E-state index in [9.17, 15) is 5.11 Å². The average molecular weight is 329 g/mol. The number of hydrogen-bond acceptors (Lipinski definition) is 4. The number of benzene rings is 3. The second-order valence-electron chi connectivity index (χ2n) is 6.13. The Morgan fingerprint density at radius 1 is 0.880 bits per heavy atom. The van der Waals surface area contributed by atoms with Crippen molar-refractivity contribution >= 4 is 11.9 Å². The van der Waals surface area contributed by atoms with Gasteiger partial charge >= 0.3 is 0 Å². The van der Waals surface area contributed by atoms with Gasteiger partial charge in [0.15, 0.2) is 11.5 Å². The number of aliphatic hydroxyl groups excluding tert-OH is 1. The Kier molecular flexibility index (Phi) is 3.11. The first kappa shape index (κ1) is 14.3. The minimum absolute atomic E-state index is 0.263. The molecule has 0 amide bonds. The van der Waals surface area contributed by atoms with Crippen LogP contribution in [-0.4, -0.2) is 18.1 Å². The molecule has 0 bridgehead atoms. The van der Waals surface area contributed by atoms with Gasteiger partial charge in [0.25, 0.3) is 0 Å². The molecule has 0 unspecified atom stereocenters. The predicted octanol–water partition coefficient (Wildman–Crippen LogP) is 4.23. The molecule has 4 nitrogen and oxygen atoms in total. The van der Waals surface area contributed by atoms with Crippen molar-refractivity contribution in [3.63, 3.8) is 0 Å². The van der Waals surface area contributed by atoms with Crippen molar-refractivity contribution < 1.29 is 14.6 Å². The highest BCUT2D eigenvalue weighted by molar-refractivity contribution is 5.84. The number of aliphatic hydroxyl groups is 1. The van der Waals surface area contributed by atoms with E-state index in [1.165, 1.54) is 0 Å². The van der Waals surface area contributed by atoms with E-state index in [4.69, 9.17) is 9.47 Å². The number of fused-ring (bicyclic) bond motifs is 4. The lowest BCUT2D eigenvalue weighted by molar-refractivity contribution is 0.174. The fraction of sp³-hybridized carbons (Fsp3) is 0.0952. The van der Waals surface area contributed by atoms with Gasteiger partial charge in [-0.1, -0.05) is 30.3 Å². The predicted molar refractivity (Wildman–Crippen MR) is 95.8 cm³/mol. The van der Waals surface area contributed by atoms with Crippen LogP contribution >= 0.6 is 0 Å². The van der Waals surface area contributed by atoms with E-state index in [0.717, 1.165) is 45.0 Å². The van der Waals surface area contributed by atoms with Crippen LogP contribution in [-0.2, 0) is 0 Å². The number of nitrogens with zero attached hydrogens (tertiary/aromatic N) is 1. The lowest BCUT2D eigenvalue weighted by Gasteiger charge is -2.05. The molecule has 1 N–H and O–H groups in total. The fourth-order valence-electron chi connectivity index (χ4n) is 3.39. The zero-order chi connectivity index (χ0) is 16.8. The lowest BCUT2D eigenvalue weighted by atomic mass is 10.1. The molecule has 1 aliphatic carbocycles. The van der Waals surface area contributed by atoms with Crippen molar-refractivity contribution in [2.75, 3.05) is 6.79 Å². The van der Waals surface area contributed by atoms with Gasteiger partial charge in [-0.3, -0.25) is 4.99 Å². The molecule has 1 aliphatic heterocycles. The number of ether oxygens (including phenoxy) is 2. The first-order chi connectivity index (χ1) is 12.3. The second kappa shape index (κ2) is 5.46. The Hall–Kier alpha value is -3.11. The van der Waals surface area contributed by atoms with E-state index in [1.807, 2.05) is 60.7 Å². The van der Waals surface area contributed by atoms with Crippen LogP contribution in [0.4, 0.5) is 5.69 Å². The van der Waals surface area contributed by atoms with Crippen LogP contribution in [0.25, 0.3) is 11.1 Å². The van der Waals surface area contributed by atoms with Gasteiger partial charge in [-0.05, 0) is 58.1 Å². The van der Waals surface area contributed by atoms with E-state index in [2.05, 4.69) is 4.99 Å². The standard InChI is InChI=1S/C21H15NO3/c23-21-17-4-2-1-3-15(17)16-7-6-14(10-18(16)21)22-11-13-5-8-19-20(9-13)25-12-24-19/h1-11,21,23H,12H2/t21-/m1/s1. The van der Waals surface area contributed by atoms with Crippen LogP contribution in [0, 0.1) is 0 Å². The summed E-state index contributed by atoms with van der Waals surface area (Å²) in [4.78, 5) is 4.54. The molecule has 1 heterocycles. The van der Waals surface area contributed by atoms with Crippen molar-refractivity contribution in [3.8, 4) is 22.6 Å². The molecule has 0 aromatic heterocycles. The zero-order valence-electron chi connectivity index (χ0n) is 13.3. The maximum absolute atomic E-state index is 10.6. The molecule has 2 aliphatic rings. The number of aliphatic imine (C=N–C) groups is 1. The van der Waals surface area contributed by atoms with Gasteiger partial charge in [-0.15, -0.1) is 0 Å². The SMILES string of the molecule is O[C@@H]1c2ccccc2-c2ccc(N=Cc3ccc4c(c3)OCO4)cc21. The van der Waals surface area contributed by atoms with Crippen molar-refractivity contribution in [2.45, 2.75) is 6.10 Å². The third kappa shape index (κ3) is 2.30. The van der Waals surface area contributed by atoms with E-state index in [0.29, 0.717) is 0 Å². The van der Waals surface area contributed by atoms with Gasteiger partial charge in [0.05, 0.1) is 5.69 Å². The van der Waals surface area contributed by atoms with E-state index in [-0.39, 0.29) is 6.79 Å². The number of hydrogen-bond donors (Lipinski definition) is 1. The summed E-state index contributed by atoms with van der Waals surface area (Å²) in [5.41, 5.74) is 5.77. The summed E-state index contributed by atoms with van der Waals surface area (Å²) in [6, 6.07) is 19.6. The largest absolute Gasteiger partial charge is 0.454 e. The summed E-state index contributed by atoms with van der Waals surface area (Å²) in [6.45, 7) is 0.263. The van der Waals surface area contributed by atoms with Gasteiger partial charge in [-0.2, -0.15) is 0 Å². The highest BCUT2D eigenvalue weighted by atomic mass is 16.7. The van der Waals surface area contributed by atoms with E-state index < -0.39 is 6.10 Å². The van der Waals surface area contributed by atoms with Gasteiger partial charge < -0.3 is 14.6 Å². The molecule has 122 valence electrons. The molecule has 3 aromatic carbocycles. The fourth-order valence-corrected chi connectivity index (χ4v) is 3.39. The molecule has 1 atom stereocenters. The van der Waals surface area contributed by atoms with Crippen LogP contribution in [0.1, 0.15) is 22.8 Å². The van der Waals surface area contributed by atoms with Gasteiger partial charge in [0.2, 0.25) is 6.79 Å². The molecule has 3 aromatic rings. The highest BCUT2D eigenvalue weighted by Crippen LogP contribution is 2.44. The summed E-state index contributed by atoms with van der Waals surface area (Å²) in [7, 11) is 0. The van der Waals surface area contributed by atoms with E-state index in [1.54, 1.807) is 6.21 Å². The van der Waals surface area contributed by atoms with Crippen molar-refractivity contribution in [1.82, 2.24) is 0 Å². The summed E-state index contributed by atoms with van der Waals surface area (Å²) in [6.07, 6.45) is 1.20. The van der Waals surface area contributed by atoms with Crippen molar-refractivity contribution in [2.24, 2.45) is 4.99 Å². The molecule has 0 spiro atoms. The first-order valence-corrected chi connectivity index (χ1v) is 8.15. The molecular formula is C21H15NO3. The monoisotopic (exact) mass is 329 g/mol. The third-order valence-corrected chi connectivity index (χ3v) is 4.63. The molecule has 0 saturated heterocycles. The minimum atomic E-state index is -0.591. The van der Waals surface area contributed by atoms with Crippen molar-refractivity contribution in [1.29, 1.82) is 0 Å². The Morgan fingerprint density at radius 2 is 1.72 bits per heavy atom. The molecule has 4 heteroatoms. The smallest absolute Gasteiger partial charge is 0.231 e. The van der Waals surface area contributed by atoms with Crippen LogP contribution in [0.15, 0.2) is 65.7 Å². The Balaban J connectivity index is 1.47.